The van der Waals surface area contributed by atoms with Crippen molar-refractivity contribution in [2.45, 2.75) is 32.4 Å². The fourth-order valence-corrected chi connectivity index (χ4v) is 2.87. The summed E-state index contributed by atoms with van der Waals surface area (Å²) in [6, 6.07) is 7.32. The number of hydrogen-bond acceptors (Lipinski definition) is 3. The fraction of sp³-hybridized carbons (Fsp3) is 0.333. The summed E-state index contributed by atoms with van der Waals surface area (Å²) in [5.74, 6) is -0.259. The SMILES string of the molecule is Cc1c(Br)cccc1NC(=O)c1cc2n(n1)CCCC2O. The van der Waals surface area contributed by atoms with E-state index in [-0.39, 0.29) is 5.91 Å². The van der Waals surface area contributed by atoms with Gasteiger partial charge in [-0.05, 0) is 43.5 Å². The lowest BCUT2D eigenvalue weighted by atomic mass is 10.1. The van der Waals surface area contributed by atoms with E-state index in [2.05, 4.69) is 26.3 Å². The maximum atomic E-state index is 12.3. The van der Waals surface area contributed by atoms with E-state index in [1.165, 1.54) is 0 Å². The van der Waals surface area contributed by atoms with Gasteiger partial charge in [-0.1, -0.05) is 22.0 Å². The lowest BCUT2D eigenvalue weighted by Crippen LogP contribution is -2.16. The molecule has 2 N–H and O–H groups in total. The van der Waals surface area contributed by atoms with Gasteiger partial charge in [0, 0.05) is 16.7 Å². The van der Waals surface area contributed by atoms with Crippen LogP contribution in [0.2, 0.25) is 0 Å². The molecule has 1 atom stereocenters. The molecule has 0 radical (unpaired) electrons. The van der Waals surface area contributed by atoms with Gasteiger partial charge in [0.05, 0.1) is 11.8 Å². The Kier molecular flexibility index (Phi) is 3.82. The number of aryl methyl sites for hydroxylation is 1. The molecule has 5 nitrogen and oxygen atoms in total. The quantitative estimate of drug-likeness (QED) is 0.875. The molecule has 0 spiro atoms. The molecule has 1 aromatic heterocycles. The largest absolute Gasteiger partial charge is 0.387 e. The van der Waals surface area contributed by atoms with Gasteiger partial charge in [0.15, 0.2) is 5.69 Å². The number of carbonyl (C=O) groups is 1. The number of nitrogens with zero attached hydrogens (tertiary/aromatic N) is 2. The van der Waals surface area contributed by atoms with Crippen LogP contribution in [0.3, 0.4) is 0 Å². The number of anilines is 1. The number of aliphatic hydroxyl groups excluding tert-OH is 1. The van der Waals surface area contributed by atoms with Crippen molar-refractivity contribution < 1.29 is 9.90 Å². The van der Waals surface area contributed by atoms with Crippen molar-refractivity contribution in [1.29, 1.82) is 0 Å². The molecule has 6 heteroatoms. The summed E-state index contributed by atoms with van der Waals surface area (Å²) in [5, 5.41) is 17.1. The van der Waals surface area contributed by atoms with E-state index >= 15 is 0 Å². The molecule has 0 saturated carbocycles. The third kappa shape index (κ3) is 2.73. The van der Waals surface area contributed by atoms with Crippen LogP contribution in [0, 0.1) is 6.92 Å². The van der Waals surface area contributed by atoms with Gasteiger partial charge in [0.1, 0.15) is 0 Å². The molecule has 1 aliphatic rings. The summed E-state index contributed by atoms with van der Waals surface area (Å²) in [7, 11) is 0. The van der Waals surface area contributed by atoms with E-state index < -0.39 is 6.10 Å². The van der Waals surface area contributed by atoms with Crippen molar-refractivity contribution in [3.05, 3.63) is 45.7 Å². The first-order valence-electron chi connectivity index (χ1n) is 6.88. The standard InChI is InChI=1S/C15H16BrN3O2/c1-9-10(16)4-2-5-11(9)17-15(21)12-8-13-14(20)6-3-7-19(13)18-12/h2,4-5,8,14,20H,3,6-7H2,1H3,(H,17,21). The first-order valence-corrected chi connectivity index (χ1v) is 7.68. The van der Waals surface area contributed by atoms with Gasteiger partial charge in [0.25, 0.3) is 5.91 Å². The maximum absolute atomic E-state index is 12.3. The lowest BCUT2D eigenvalue weighted by molar-refractivity contribution is 0.102. The van der Waals surface area contributed by atoms with E-state index in [9.17, 15) is 9.90 Å². The van der Waals surface area contributed by atoms with Crippen molar-refractivity contribution in [1.82, 2.24) is 9.78 Å². The zero-order chi connectivity index (χ0) is 15.0. The number of nitrogens with one attached hydrogen (secondary N) is 1. The number of amides is 1. The fourth-order valence-electron chi connectivity index (χ4n) is 2.50. The number of carbonyl (C=O) groups excluding carboxylic acids is 1. The van der Waals surface area contributed by atoms with Gasteiger partial charge in [-0.3, -0.25) is 9.48 Å². The number of benzene rings is 1. The van der Waals surface area contributed by atoms with Crippen LogP contribution in [0.25, 0.3) is 0 Å². The number of hydrogen-bond donors (Lipinski definition) is 2. The molecule has 3 rings (SSSR count). The monoisotopic (exact) mass is 349 g/mol. The molecule has 2 heterocycles. The van der Waals surface area contributed by atoms with Crippen LogP contribution < -0.4 is 5.32 Å². The molecule has 0 aliphatic carbocycles. The summed E-state index contributed by atoms with van der Waals surface area (Å²) in [5.41, 5.74) is 2.78. The predicted molar refractivity (Wildman–Crippen MR) is 83.3 cm³/mol. The minimum atomic E-state index is -0.527. The van der Waals surface area contributed by atoms with E-state index in [1.807, 2.05) is 25.1 Å². The summed E-state index contributed by atoms with van der Waals surface area (Å²) in [6.45, 7) is 2.68. The van der Waals surface area contributed by atoms with Crippen LogP contribution in [-0.4, -0.2) is 20.8 Å². The Labute approximate surface area is 131 Å². The highest BCUT2D eigenvalue weighted by atomic mass is 79.9. The molecule has 0 saturated heterocycles. The minimum absolute atomic E-state index is 0.259. The molecule has 2 aromatic rings. The molecular weight excluding hydrogens is 334 g/mol. The highest BCUT2D eigenvalue weighted by molar-refractivity contribution is 9.10. The molecule has 110 valence electrons. The van der Waals surface area contributed by atoms with Gasteiger partial charge in [-0.25, -0.2) is 0 Å². The number of halogens is 1. The Morgan fingerprint density at radius 3 is 3.10 bits per heavy atom. The first-order chi connectivity index (χ1) is 10.1. The number of rotatable bonds is 2. The Balaban J connectivity index is 1.84. The maximum Gasteiger partial charge on any atom is 0.276 e. The van der Waals surface area contributed by atoms with Crippen LogP contribution in [0.1, 0.15) is 40.7 Å². The van der Waals surface area contributed by atoms with E-state index in [4.69, 9.17) is 0 Å². The number of fused-ring (bicyclic) bond motifs is 1. The molecule has 1 aromatic carbocycles. The summed E-state index contributed by atoms with van der Waals surface area (Å²) in [4.78, 5) is 12.3. The third-order valence-corrected chi connectivity index (χ3v) is 4.61. The average molecular weight is 350 g/mol. The van der Waals surface area contributed by atoms with Gasteiger partial charge in [-0.15, -0.1) is 0 Å². The molecule has 1 aliphatic heterocycles. The van der Waals surface area contributed by atoms with Crippen LogP contribution in [0.4, 0.5) is 5.69 Å². The molecule has 1 amide bonds. The van der Waals surface area contributed by atoms with E-state index in [0.717, 1.165) is 40.8 Å². The Morgan fingerprint density at radius 1 is 1.52 bits per heavy atom. The van der Waals surface area contributed by atoms with Gasteiger partial charge >= 0.3 is 0 Å². The highest BCUT2D eigenvalue weighted by Gasteiger charge is 2.23. The Bertz CT molecular complexity index is 696. The number of aliphatic hydroxyl groups is 1. The Hall–Kier alpha value is -1.66. The molecule has 0 fully saturated rings. The van der Waals surface area contributed by atoms with Gasteiger partial charge in [-0.2, -0.15) is 5.10 Å². The van der Waals surface area contributed by atoms with Crippen LogP contribution in [0.5, 0.6) is 0 Å². The van der Waals surface area contributed by atoms with Crippen LogP contribution in [-0.2, 0) is 6.54 Å². The highest BCUT2D eigenvalue weighted by Crippen LogP contribution is 2.26. The topological polar surface area (TPSA) is 67.2 Å². The van der Waals surface area contributed by atoms with E-state index in [0.29, 0.717) is 5.69 Å². The van der Waals surface area contributed by atoms with Gasteiger partial charge < -0.3 is 10.4 Å². The summed E-state index contributed by atoms with van der Waals surface area (Å²) in [6.07, 6.45) is 1.07. The number of aromatic nitrogens is 2. The van der Waals surface area contributed by atoms with Gasteiger partial charge in [0.2, 0.25) is 0 Å². The Morgan fingerprint density at radius 2 is 2.33 bits per heavy atom. The van der Waals surface area contributed by atoms with Crippen molar-refractivity contribution in [3.63, 3.8) is 0 Å². The zero-order valence-electron chi connectivity index (χ0n) is 11.6. The smallest absolute Gasteiger partial charge is 0.276 e. The summed E-state index contributed by atoms with van der Waals surface area (Å²) < 4.78 is 2.66. The van der Waals surface area contributed by atoms with Crippen LogP contribution >= 0.6 is 15.9 Å². The normalized spacial score (nSPS) is 17.4. The van der Waals surface area contributed by atoms with Crippen molar-refractivity contribution in [3.8, 4) is 0 Å². The second-order valence-electron chi connectivity index (χ2n) is 5.20. The lowest BCUT2D eigenvalue weighted by Gasteiger charge is -2.18. The van der Waals surface area contributed by atoms with E-state index in [1.54, 1.807) is 10.7 Å². The predicted octanol–water partition coefficient (Wildman–Crippen LogP) is 3.03. The van der Waals surface area contributed by atoms with Crippen molar-refractivity contribution in [2.75, 3.05) is 5.32 Å². The third-order valence-electron chi connectivity index (χ3n) is 3.75. The zero-order valence-corrected chi connectivity index (χ0v) is 13.2. The minimum Gasteiger partial charge on any atom is -0.387 e. The average Bonchev–Trinajstić information content (AvgIpc) is 2.89. The molecular formula is C15H16BrN3O2. The molecule has 21 heavy (non-hydrogen) atoms. The second-order valence-corrected chi connectivity index (χ2v) is 6.06. The first kappa shape index (κ1) is 14.3. The second kappa shape index (κ2) is 5.61. The van der Waals surface area contributed by atoms with Crippen LogP contribution in [0.15, 0.2) is 28.7 Å². The molecule has 0 bridgehead atoms. The molecule has 1 unspecified atom stereocenters. The van der Waals surface area contributed by atoms with Crippen molar-refractivity contribution >= 4 is 27.5 Å². The summed E-state index contributed by atoms with van der Waals surface area (Å²) >= 11 is 3.44. The van der Waals surface area contributed by atoms with Crippen molar-refractivity contribution in [2.24, 2.45) is 0 Å².